The minimum absolute atomic E-state index is 0.0126. The van der Waals surface area contributed by atoms with E-state index in [1.54, 1.807) is 30.3 Å². The Balaban J connectivity index is 2.20. The average molecular weight is 357 g/mol. The molecule has 0 heterocycles. The Hall–Kier alpha value is -2.59. The third-order valence-corrected chi connectivity index (χ3v) is 3.83. The molecule has 5 heteroatoms. The molecule has 0 radical (unpaired) electrons. The number of carbonyl (C=O) groups excluding carboxylic acids is 2. The number of hydrogen-bond donors (Lipinski definition) is 2. The van der Waals surface area contributed by atoms with Crippen molar-refractivity contribution in [2.24, 2.45) is 0 Å². The number of rotatable bonds is 5. The van der Waals surface area contributed by atoms with E-state index in [0.29, 0.717) is 16.3 Å². The number of nitrogens with one attached hydrogen (secondary N) is 2. The molecule has 4 nitrogen and oxygen atoms in total. The molecule has 0 bridgehead atoms. The predicted molar refractivity (Wildman–Crippen MR) is 103 cm³/mol. The van der Waals surface area contributed by atoms with Crippen molar-refractivity contribution in [3.8, 4) is 0 Å². The van der Waals surface area contributed by atoms with Crippen molar-refractivity contribution in [1.82, 2.24) is 5.32 Å². The molecule has 0 aromatic heterocycles. The summed E-state index contributed by atoms with van der Waals surface area (Å²) in [7, 11) is 0. The van der Waals surface area contributed by atoms with Crippen LogP contribution in [0.25, 0.3) is 5.57 Å². The van der Waals surface area contributed by atoms with Crippen molar-refractivity contribution in [1.29, 1.82) is 0 Å². The van der Waals surface area contributed by atoms with Crippen LogP contribution >= 0.6 is 11.6 Å². The van der Waals surface area contributed by atoms with Gasteiger partial charge in [-0.1, -0.05) is 41.9 Å². The van der Waals surface area contributed by atoms with E-state index in [9.17, 15) is 9.59 Å². The Morgan fingerprint density at radius 1 is 1.00 bits per heavy atom. The molecule has 0 aliphatic heterocycles. The van der Waals surface area contributed by atoms with Gasteiger partial charge in [0.25, 0.3) is 5.91 Å². The smallest absolute Gasteiger partial charge is 0.253 e. The fourth-order valence-electron chi connectivity index (χ4n) is 2.35. The molecule has 0 aliphatic rings. The monoisotopic (exact) mass is 356 g/mol. The molecular weight excluding hydrogens is 336 g/mol. The minimum Gasteiger partial charge on any atom is -0.350 e. The minimum atomic E-state index is -0.317. The number of para-hydroxylation sites is 1. The van der Waals surface area contributed by atoms with Gasteiger partial charge in [-0.25, -0.2) is 0 Å². The summed E-state index contributed by atoms with van der Waals surface area (Å²) in [5.41, 5.74) is 2.43. The molecule has 2 rings (SSSR count). The Morgan fingerprint density at radius 2 is 1.60 bits per heavy atom. The first-order chi connectivity index (χ1) is 11.9. The normalized spacial score (nSPS) is 11.3. The molecule has 0 unspecified atom stereocenters. The van der Waals surface area contributed by atoms with Crippen LogP contribution in [0, 0.1) is 0 Å². The quantitative estimate of drug-likeness (QED) is 0.774. The Labute approximate surface area is 152 Å². The number of amides is 2. The molecule has 0 atom stereocenters. The summed E-state index contributed by atoms with van der Waals surface area (Å²) in [6, 6.07) is 14.2. The Morgan fingerprint density at radius 3 is 2.24 bits per heavy atom. The highest BCUT2D eigenvalue weighted by Gasteiger charge is 2.13. The number of carbonyl (C=O) groups is 2. The van der Waals surface area contributed by atoms with Crippen molar-refractivity contribution < 1.29 is 9.59 Å². The summed E-state index contributed by atoms with van der Waals surface area (Å²) >= 11 is 6.15. The van der Waals surface area contributed by atoms with Crippen LogP contribution in [0.3, 0.4) is 0 Å². The molecule has 2 aromatic rings. The first kappa shape index (κ1) is 18.7. The second kappa shape index (κ2) is 8.49. The third kappa shape index (κ3) is 5.19. The fourth-order valence-corrected chi connectivity index (χ4v) is 2.64. The highest BCUT2D eigenvalue weighted by Crippen LogP contribution is 2.23. The van der Waals surface area contributed by atoms with Gasteiger partial charge in [0.05, 0.1) is 11.3 Å². The standard InChI is InChI=1S/C20H21ClN2O2/c1-13(2)22-20(25)16-9-5-7-11-18(16)23-19(24)12-14(3)15-8-4-6-10-17(15)21/h4-13H,1-3H3,(H,22,25)(H,23,24). The summed E-state index contributed by atoms with van der Waals surface area (Å²) in [5, 5.41) is 6.17. The van der Waals surface area contributed by atoms with Gasteiger partial charge in [0.15, 0.2) is 0 Å². The van der Waals surface area contributed by atoms with Crippen LogP contribution in [0.2, 0.25) is 5.02 Å². The van der Waals surface area contributed by atoms with Crippen molar-refractivity contribution in [3.63, 3.8) is 0 Å². The maximum absolute atomic E-state index is 12.3. The summed E-state index contributed by atoms with van der Waals surface area (Å²) in [5.74, 6) is -0.542. The van der Waals surface area contributed by atoms with Gasteiger partial charge < -0.3 is 10.6 Å². The van der Waals surface area contributed by atoms with Crippen LogP contribution in [0.4, 0.5) is 5.69 Å². The molecular formula is C20H21ClN2O2. The SMILES string of the molecule is CC(=CC(=O)Nc1ccccc1C(=O)NC(C)C)c1ccccc1Cl. The predicted octanol–water partition coefficient (Wildman–Crippen LogP) is 4.52. The number of halogens is 1. The van der Waals surface area contributed by atoms with Crippen LogP contribution in [-0.2, 0) is 4.79 Å². The summed E-state index contributed by atoms with van der Waals surface area (Å²) in [4.78, 5) is 24.6. The van der Waals surface area contributed by atoms with Gasteiger partial charge in [-0.15, -0.1) is 0 Å². The molecule has 0 aliphatic carbocycles. The van der Waals surface area contributed by atoms with Gasteiger partial charge in [-0.05, 0) is 50.1 Å². The fraction of sp³-hybridized carbons (Fsp3) is 0.200. The van der Waals surface area contributed by atoms with Crippen LogP contribution in [0.15, 0.2) is 54.6 Å². The molecule has 130 valence electrons. The van der Waals surface area contributed by atoms with Gasteiger partial charge in [0, 0.05) is 17.1 Å². The second-order valence-corrected chi connectivity index (χ2v) is 6.38. The van der Waals surface area contributed by atoms with Crippen LogP contribution in [0.1, 0.15) is 36.7 Å². The van der Waals surface area contributed by atoms with Crippen molar-refractivity contribution in [3.05, 3.63) is 70.8 Å². The zero-order valence-electron chi connectivity index (χ0n) is 14.5. The lowest BCUT2D eigenvalue weighted by molar-refractivity contribution is -0.111. The number of hydrogen-bond acceptors (Lipinski definition) is 2. The van der Waals surface area contributed by atoms with E-state index in [1.165, 1.54) is 6.08 Å². The highest BCUT2D eigenvalue weighted by molar-refractivity contribution is 6.32. The Bertz CT molecular complexity index is 813. The van der Waals surface area contributed by atoms with Crippen molar-refractivity contribution >= 4 is 34.7 Å². The van der Waals surface area contributed by atoms with E-state index in [2.05, 4.69) is 10.6 Å². The zero-order valence-corrected chi connectivity index (χ0v) is 15.2. The van der Waals surface area contributed by atoms with Crippen LogP contribution in [0.5, 0.6) is 0 Å². The number of allylic oxidation sites excluding steroid dienone is 1. The van der Waals surface area contributed by atoms with E-state index in [1.807, 2.05) is 39.0 Å². The highest BCUT2D eigenvalue weighted by atomic mass is 35.5. The van der Waals surface area contributed by atoms with E-state index < -0.39 is 0 Å². The van der Waals surface area contributed by atoms with E-state index in [0.717, 1.165) is 11.1 Å². The van der Waals surface area contributed by atoms with Gasteiger partial charge >= 0.3 is 0 Å². The van der Waals surface area contributed by atoms with E-state index in [4.69, 9.17) is 11.6 Å². The van der Waals surface area contributed by atoms with Gasteiger partial charge in [-0.3, -0.25) is 9.59 Å². The maximum atomic E-state index is 12.3. The largest absolute Gasteiger partial charge is 0.350 e. The number of anilines is 1. The number of benzene rings is 2. The molecule has 25 heavy (non-hydrogen) atoms. The molecule has 0 fully saturated rings. The maximum Gasteiger partial charge on any atom is 0.253 e. The molecule has 0 saturated carbocycles. The second-order valence-electron chi connectivity index (χ2n) is 5.97. The zero-order chi connectivity index (χ0) is 18.4. The van der Waals surface area contributed by atoms with Crippen molar-refractivity contribution in [2.75, 3.05) is 5.32 Å². The van der Waals surface area contributed by atoms with E-state index >= 15 is 0 Å². The summed E-state index contributed by atoms with van der Waals surface area (Å²) in [6.07, 6.45) is 1.47. The summed E-state index contributed by atoms with van der Waals surface area (Å²) in [6.45, 7) is 5.59. The lowest BCUT2D eigenvalue weighted by Gasteiger charge is -2.12. The average Bonchev–Trinajstić information content (AvgIpc) is 2.54. The lowest BCUT2D eigenvalue weighted by atomic mass is 10.1. The van der Waals surface area contributed by atoms with Crippen molar-refractivity contribution in [2.45, 2.75) is 26.8 Å². The molecule has 0 spiro atoms. The lowest BCUT2D eigenvalue weighted by Crippen LogP contribution is -2.30. The molecule has 2 N–H and O–H groups in total. The van der Waals surface area contributed by atoms with Crippen LogP contribution in [-0.4, -0.2) is 17.9 Å². The van der Waals surface area contributed by atoms with Gasteiger partial charge in [0.2, 0.25) is 5.91 Å². The molecule has 2 amide bonds. The Kier molecular flexibility index (Phi) is 6.37. The topological polar surface area (TPSA) is 58.2 Å². The van der Waals surface area contributed by atoms with E-state index in [-0.39, 0.29) is 17.9 Å². The third-order valence-electron chi connectivity index (χ3n) is 3.50. The summed E-state index contributed by atoms with van der Waals surface area (Å²) < 4.78 is 0. The van der Waals surface area contributed by atoms with Crippen LogP contribution < -0.4 is 10.6 Å². The first-order valence-electron chi connectivity index (χ1n) is 8.02. The van der Waals surface area contributed by atoms with Gasteiger partial charge in [-0.2, -0.15) is 0 Å². The molecule has 2 aromatic carbocycles. The van der Waals surface area contributed by atoms with Gasteiger partial charge in [0.1, 0.15) is 0 Å². The first-order valence-corrected chi connectivity index (χ1v) is 8.40. The molecule has 0 saturated heterocycles.